The molecule has 0 aromatic heterocycles. The molecule has 4 rings (SSSR count). The molecule has 71 heavy (non-hydrogen) atoms. The number of hydrogen-bond donors (Lipinski definition) is 0. The Kier molecular flexibility index (Phi) is 225. The van der Waals surface area contributed by atoms with Crippen LogP contribution >= 0.6 is 0 Å². The molecule has 0 spiro atoms. The molecule has 0 heterocycles. The summed E-state index contributed by atoms with van der Waals surface area (Å²) in [6, 6.07) is 44.6. The minimum absolute atomic E-state index is 0. The van der Waals surface area contributed by atoms with Crippen LogP contribution in [0.2, 0.25) is 0 Å². The maximum atomic E-state index is 3.22. The van der Waals surface area contributed by atoms with E-state index in [1.54, 1.807) is 0 Å². The van der Waals surface area contributed by atoms with E-state index in [4.69, 9.17) is 0 Å². The Hall–Kier alpha value is 12.4. The van der Waals surface area contributed by atoms with Gasteiger partial charge in [0, 0.05) is 489 Å². The first-order chi connectivity index (χ1) is 28.1. The molecule has 0 amide bonds. The molecule has 4 aromatic carbocycles. The van der Waals surface area contributed by atoms with Gasteiger partial charge in [0.2, 0.25) is 0 Å². The predicted molar refractivity (Wildman–Crippen MR) is 274 cm³/mol. The summed E-state index contributed by atoms with van der Waals surface area (Å²) in [6.07, 6.45) is 0. The van der Waals surface area contributed by atoms with Crippen LogP contribution in [0.5, 0.6) is 0 Å². The predicted octanol–water partition coefficient (Wildman–Crippen LogP) is 19.3. The molecule has 4 aromatic rings. The first kappa shape index (κ1) is 141. The van der Waals surface area contributed by atoms with Crippen molar-refractivity contribution in [2.45, 2.75) is 173 Å². The van der Waals surface area contributed by atoms with E-state index >= 15 is 0 Å². The number of hydrogen-bond acceptors (Lipinski definition) is 2. The van der Waals surface area contributed by atoms with Crippen molar-refractivity contribution in [3.63, 3.8) is 0 Å². The fourth-order valence-corrected chi connectivity index (χ4v) is 6.89. The van der Waals surface area contributed by atoms with Crippen molar-refractivity contribution >= 4 is 22.7 Å². The van der Waals surface area contributed by atoms with Crippen molar-refractivity contribution in [2.24, 2.45) is 29.1 Å². The van der Waals surface area contributed by atoms with E-state index in [0.717, 1.165) is 53.0 Å². The third-order valence-electron chi connectivity index (χ3n) is 8.39. The average Bonchev–Trinajstić information content (AvgIpc) is 3.30. The average molecular weight is 1470 g/mol. The Labute approximate surface area is 823 Å². The van der Waals surface area contributed by atoms with E-state index < -0.39 is 0 Å². The summed E-state index contributed by atoms with van der Waals surface area (Å²) in [5, 5.41) is 0. The van der Waals surface area contributed by atoms with E-state index in [-0.39, 0.29) is 476 Å². The van der Waals surface area contributed by atoms with Gasteiger partial charge >= 0.3 is 0 Å². The molecule has 0 saturated heterocycles. The minimum Gasteiger partial charge on any atom is -0.391 e. The van der Waals surface area contributed by atoms with Gasteiger partial charge in [-0.2, -0.15) is 97.1 Å². The van der Waals surface area contributed by atoms with Crippen molar-refractivity contribution in [3.05, 3.63) is 121 Å². The van der Waals surface area contributed by atoms with Gasteiger partial charge in [-0.25, -0.2) is 0 Å². The van der Waals surface area contributed by atoms with E-state index in [2.05, 4.69) is 109 Å². The molecule has 2 nitrogen and oxygen atoms in total. The number of rotatable bonds is 9. The second-order valence-corrected chi connectivity index (χ2v) is 11.9. The number of anilines is 4. The Morgan fingerprint density at radius 3 is 0.620 bits per heavy atom. The largest absolute Gasteiger partial charge is 0.391 e. The molecule has 0 aliphatic carbocycles. The Morgan fingerprint density at radius 2 is 0.507 bits per heavy atom. The molecule has 427 valence electrons. The van der Waals surface area contributed by atoms with Crippen LogP contribution in [0.1, 0.15) is 173 Å². The molecule has 15 heteroatoms. The van der Waals surface area contributed by atoms with Gasteiger partial charge in [-0.15, -0.1) is 24.3 Å². The molecule has 3 radical (unpaired) electrons. The molecule has 0 bridgehead atoms. The summed E-state index contributed by atoms with van der Waals surface area (Å²) in [5.41, 5.74) is 4.77. The van der Waals surface area contributed by atoms with E-state index in [0.29, 0.717) is 5.41 Å². The van der Waals surface area contributed by atoms with Crippen molar-refractivity contribution in [2.75, 3.05) is 23.4 Å². The zero-order chi connectivity index (χ0) is 47.1. The molecular weight excluding hydrogens is 1370 g/mol. The quantitative estimate of drug-likeness (QED) is 0.154. The van der Waals surface area contributed by atoms with Gasteiger partial charge in [0.05, 0.1) is 0 Å². The van der Waals surface area contributed by atoms with Gasteiger partial charge in [-0.3, -0.25) is 0 Å². The van der Waals surface area contributed by atoms with E-state index in [9.17, 15) is 0 Å². The number of para-hydroxylation sites is 4. The van der Waals surface area contributed by atoms with Gasteiger partial charge in [-0.05, 0) is 36.0 Å². The summed E-state index contributed by atoms with van der Waals surface area (Å²) in [7, 11) is 2.01. The molecular formula is C56H100Ar10N2Y3-4. The maximum absolute atomic E-state index is 3.22. The van der Waals surface area contributed by atoms with Crippen LogP contribution in [0.3, 0.4) is 0 Å². The Bertz CT molecular complexity index is 1160. The smallest absolute Gasteiger partial charge is 0.0157 e. The molecule has 0 saturated carbocycles. The van der Waals surface area contributed by atoms with Crippen LogP contribution in [-0.4, -0.2) is 13.6 Å². The van der Waals surface area contributed by atoms with Crippen LogP contribution < -0.4 is 9.80 Å². The number of nitrogens with zero attached hydrogens (tertiary/aromatic N) is 2. The van der Waals surface area contributed by atoms with Gasteiger partial charge in [0.1, 0.15) is 0 Å². The van der Waals surface area contributed by atoms with Crippen molar-refractivity contribution < 1.29 is 476 Å². The summed E-state index contributed by atoms with van der Waals surface area (Å²) >= 11 is 0. The van der Waals surface area contributed by atoms with Gasteiger partial charge in [0.25, 0.3) is 0 Å². The molecule has 0 unspecified atom stereocenters. The van der Waals surface area contributed by atoms with Crippen molar-refractivity contribution in [1.82, 2.24) is 0 Å². The SMILES string of the molecule is CC.CC.CC.CC.CC.CC.CC.CC.CC(C)C(C(C)C)(C(C)C)C(C)C.CCN(c1[c-]cccc1)c1[c-]cccc1.CN(c1[c-]cccc1)c1[c-]cccc1.[Ar].[Ar].[Ar].[Ar].[Ar].[Ar].[Ar].[Ar].[Ar].[Ar].[Y].[Y].[Y]. The van der Waals surface area contributed by atoms with E-state index in [1.165, 1.54) is 0 Å². The monoisotopic (exact) mass is 1470 g/mol. The molecule has 0 fully saturated rings. The standard InChI is InChI=1S/C14H13N.C13H11N.C13H28.8C2H6.10Ar.3Y/c1-2-15(13-9-5-3-6-10-13)14-11-7-4-8-12-14;1-14(12-8-4-2-5-9-12)13-10-6-3-7-11-13;1-9(2)13(10(3)4,11(5)6)12(7)8;8*1-2;;;;;;;;;;;;;/h3-9,11H,2H2,1H3;2-8,10H,1H3;9-12H,1-8H3;8*1-2H3;;;;;;;;;;;;;/q2*-2;;;;;;;;;;;;;;;;;;;;;;. The van der Waals surface area contributed by atoms with Gasteiger partial charge < -0.3 is 9.80 Å². The number of benzene rings is 4. The summed E-state index contributed by atoms with van der Waals surface area (Å²) < 4.78 is 0. The van der Waals surface area contributed by atoms with Crippen LogP contribution in [0.15, 0.2) is 97.1 Å². The Balaban J connectivity index is -0.0000000247. The second-order valence-electron chi connectivity index (χ2n) is 11.9. The zero-order valence-electron chi connectivity index (χ0n) is 48.9. The first-order valence-corrected chi connectivity index (χ1v) is 23.4. The van der Waals surface area contributed by atoms with Crippen LogP contribution in [0.4, 0.5) is 22.7 Å². The van der Waals surface area contributed by atoms with Crippen molar-refractivity contribution in [3.8, 4) is 0 Å². The fraction of sp³-hybridized carbons (Fsp3) is 0.571. The van der Waals surface area contributed by atoms with Crippen LogP contribution in [-0.2, 0) is 98.1 Å². The third kappa shape index (κ3) is 71.3. The summed E-state index contributed by atoms with van der Waals surface area (Å²) in [6.45, 7) is 54.0. The molecule has 0 N–H and O–H groups in total. The van der Waals surface area contributed by atoms with Gasteiger partial charge in [0.15, 0.2) is 0 Å². The normalized spacial score (nSPS) is 7.24. The van der Waals surface area contributed by atoms with Crippen LogP contribution in [0.25, 0.3) is 0 Å². The maximum Gasteiger partial charge on any atom is 0.0157 e. The van der Waals surface area contributed by atoms with Crippen LogP contribution in [0, 0.1) is 431 Å². The topological polar surface area (TPSA) is 6.48 Å². The summed E-state index contributed by atoms with van der Waals surface area (Å²) in [4.78, 5) is 4.24. The summed E-state index contributed by atoms with van der Waals surface area (Å²) in [5.74, 6) is 3.08. The third-order valence-corrected chi connectivity index (χ3v) is 8.39. The fourth-order valence-electron chi connectivity index (χ4n) is 6.89. The molecule has 0 aliphatic rings. The second kappa shape index (κ2) is 113. The van der Waals surface area contributed by atoms with Gasteiger partial charge in [-0.1, -0.05) is 189 Å². The molecule has 0 atom stereocenters. The zero-order valence-corrected chi connectivity index (χ0v) is 64.5. The molecule has 0 aliphatic heterocycles. The first-order valence-electron chi connectivity index (χ1n) is 23.4. The van der Waals surface area contributed by atoms with Crippen molar-refractivity contribution in [1.29, 1.82) is 0 Å². The Morgan fingerprint density at radius 1 is 0.338 bits per heavy atom. The minimum atomic E-state index is 0. The van der Waals surface area contributed by atoms with E-state index in [1.807, 2.05) is 203 Å².